The van der Waals surface area contributed by atoms with Crippen molar-refractivity contribution >= 4 is 18.4 Å². The van der Waals surface area contributed by atoms with Crippen LogP contribution in [0, 0.1) is 0 Å². The Morgan fingerprint density at radius 2 is 1.40 bits per heavy atom. The molecule has 0 aromatic heterocycles. The number of benzene rings is 2. The average Bonchev–Trinajstić information content (AvgIpc) is 2.64. The smallest absolute Gasteiger partial charge is 0.320 e. The third kappa shape index (κ3) is 5.87. The van der Waals surface area contributed by atoms with Gasteiger partial charge in [0.15, 0.2) is 0 Å². The maximum absolute atomic E-state index is 12.2. The van der Waals surface area contributed by atoms with E-state index in [0.717, 1.165) is 13.1 Å². The highest BCUT2D eigenvalue weighted by molar-refractivity contribution is 5.85. The molecule has 3 rings (SSSR count). The molecule has 3 nitrogen and oxygen atoms in total. The van der Waals surface area contributed by atoms with Gasteiger partial charge in [-0.15, -0.1) is 12.4 Å². The van der Waals surface area contributed by atoms with Gasteiger partial charge < -0.3 is 4.74 Å². The summed E-state index contributed by atoms with van der Waals surface area (Å²) in [5.41, 5.74) is 2.35. The molecule has 0 saturated carbocycles. The minimum Gasteiger partial charge on any atom is -0.464 e. The van der Waals surface area contributed by atoms with Crippen molar-refractivity contribution in [2.24, 2.45) is 0 Å². The van der Waals surface area contributed by atoms with Crippen molar-refractivity contribution in [2.45, 2.75) is 25.2 Å². The van der Waals surface area contributed by atoms with Gasteiger partial charge in [0, 0.05) is 5.92 Å². The third-order valence-electron chi connectivity index (χ3n) is 4.62. The fourth-order valence-electron chi connectivity index (χ4n) is 3.28. The van der Waals surface area contributed by atoms with Crippen LogP contribution in [0.3, 0.4) is 0 Å². The summed E-state index contributed by atoms with van der Waals surface area (Å²) in [6, 6.07) is 20.5. The average molecular weight is 360 g/mol. The Morgan fingerprint density at radius 3 is 1.92 bits per heavy atom. The Bertz CT molecular complexity index is 587. The lowest BCUT2D eigenvalue weighted by atomic mass is 9.92. The molecule has 1 fully saturated rings. The molecule has 1 heterocycles. The van der Waals surface area contributed by atoms with Crippen LogP contribution in [0.15, 0.2) is 60.7 Å². The van der Waals surface area contributed by atoms with E-state index in [1.165, 1.54) is 30.4 Å². The molecule has 0 radical (unpaired) electrons. The van der Waals surface area contributed by atoms with Crippen LogP contribution in [-0.4, -0.2) is 37.1 Å². The first-order valence-corrected chi connectivity index (χ1v) is 8.81. The summed E-state index contributed by atoms with van der Waals surface area (Å²) in [5, 5.41) is 0. The Kier molecular flexibility index (Phi) is 7.96. The quantitative estimate of drug-likeness (QED) is 0.721. The number of rotatable bonds is 6. The van der Waals surface area contributed by atoms with E-state index in [2.05, 4.69) is 29.2 Å². The number of nitrogens with zero attached hydrogens (tertiary/aromatic N) is 1. The molecule has 0 aliphatic carbocycles. The van der Waals surface area contributed by atoms with Crippen molar-refractivity contribution in [1.29, 1.82) is 0 Å². The number of carbonyl (C=O) groups excluding carboxylic acids is 1. The van der Waals surface area contributed by atoms with E-state index in [-0.39, 0.29) is 24.3 Å². The van der Waals surface area contributed by atoms with Gasteiger partial charge in [0.1, 0.15) is 6.61 Å². The zero-order valence-corrected chi connectivity index (χ0v) is 15.3. The van der Waals surface area contributed by atoms with Crippen molar-refractivity contribution < 1.29 is 9.53 Å². The number of carbonyl (C=O) groups is 1. The summed E-state index contributed by atoms with van der Waals surface area (Å²) in [4.78, 5) is 14.4. The second kappa shape index (κ2) is 10.2. The first-order valence-electron chi connectivity index (χ1n) is 8.81. The van der Waals surface area contributed by atoms with Crippen LogP contribution >= 0.6 is 12.4 Å². The number of halogens is 1. The van der Waals surface area contributed by atoms with Crippen LogP contribution in [0.5, 0.6) is 0 Å². The summed E-state index contributed by atoms with van der Waals surface area (Å²) in [6.07, 6.45) is 3.64. The first kappa shape index (κ1) is 19.5. The molecule has 134 valence electrons. The molecule has 4 heteroatoms. The molecule has 0 spiro atoms. The fraction of sp³-hybridized carbons (Fsp3) is 0.381. The zero-order chi connectivity index (χ0) is 16.6. The van der Waals surface area contributed by atoms with Crippen molar-refractivity contribution in [1.82, 2.24) is 4.90 Å². The molecule has 0 amide bonds. The topological polar surface area (TPSA) is 29.5 Å². The summed E-state index contributed by atoms with van der Waals surface area (Å²) < 4.78 is 5.64. The SMILES string of the molecule is Cl.O=C(CN1CCCCC1)OCC(c1ccccc1)c1ccccc1. The van der Waals surface area contributed by atoms with E-state index in [1.54, 1.807) is 0 Å². The van der Waals surface area contributed by atoms with Gasteiger partial charge in [0.25, 0.3) is 0 Å². The van der Waals surface area contributed by atoms with Crippen LogP contribution in [0.1, 0.15) is 36.3 Å². The largest absolute Gasteiger partial charge is 0.464 e. The van der Waals surface area contributed by atoms with Crippen LogP contribution in [0.2, 0.25) is 0 Å². The summed E-state index contributed by atoms with van der Waals surface area (Å²) >= 11 is 0. The van der Waals surface area contributed by atoms with Gasteiger partial charge in [0.05, 0.1) is 6.54 Å². The molecule has 0 N–H and O–H groups in total. The van der Waals surface area contributed by atoms with Gasteiger partial charge in [0.2, 0.25) is 0 Å². The van der Waals surface area contributed by atoms with Crippen LogP contribution in [-0.2, 0) is 9.53 Å². The second-order valence-electron chi connectivity index (χ2n) is 6.39. The van der Waals surface area contributed by atoms with Crippen LogP contribution in [0.25, 0.3) is 0 Å². The zero-order valence-electron chi connectivity index (χ0n) is 14.5. The molecule has 1 saturated heterocycles. The van der Waals surface area contributed by atoms with E-state index in [4.69, 9.17) is 4.74 Å². The van der Waals surface area contributed by atoms with Gasteiger partial charge in [-0.3, -0.25) is 9.69 Å². The molecular formula is C21H26ClNO2. The number of hydrogen-bond acceptors (Lipinski definition) is 3. The molecule has 25 heavy (non-hydrogen) atoms. The van der Waals surface area contributed by atoms with Gasteiger partial charge in [-0.1, -0.05) is 67.1 Å². The molecule has 0 unspecified atom stereocenters. The van der Waals surface area contributed by atoms with Crippen molar-refractivity contribution in [3.05, 3.63) is 71.8 Å². The van der Waals surface area contributed by atoms with E-state index in [9.17, 15) is 4.79 Å². The molecule has 0 bridgehead atoms. The minimum atomic E-state index is -0.117. The summed E-state index contributed by atoms with van der Waals surface area (Å²) in [7, 11) is 0. The molecule has 1 aliphatic heterocycles. The van der Waals surface area contributed by atoms with Crippen molar-refractivity contribution in [2.75, 3.05) is 26.2 Å². The van der Waals surface area contributed by atoms with E-state index < -0.39 is 0 Å². The Morgan fingerprint density at radius 1 is 0.880 bits per heavy atom. The lowest BCUT2D eigenvalue weighted by Crippen LogP contribution is -2.35. The maximum Gasteiger partial charge on any atom is 0.320 e. The first-order chi connectivity index (χ1) is 11.8. The van der Waals surface area contributed by atoms with Gasteiger partial charge in [-0.05, 0) is 37.1 Å². The summed E-state index contributed by atoms with van der Waals surface area (Å²) in [6.45, 7) is 2.82. The Hall–Kier alpha value is -1.84. The molecule has 2 aromatic rings. The molecule has 0 atom stereocenters. The van der Waals surface area contributed by atoms with E-state index >= 15 is 0 Å². The highest BCUT2D eigenvalue weighted by atomic mass is 35.5. The van der Waals surface area contributed by atoms with Gasteiger partial charge in [-0.2, -0.15) is 0 Å². The monoisotopic (exact) mass is 359 g/mol. The summed E-state index contributed by atoms with van der Waals surface area (Å²) in [5.74, 6) is -0.0357. The molecular weight excluding hydrogens is 334 g/mol. The van der Waals surface area contributed by atoms with Crippen molar-refractivity contribution in [3.8, 4) is 0 Å². The predicted octanol–water partition coefficient (Wildman–Crippen LogP) is 4.27. The van der Waals surface area contributed by atoms with E-state index in [0.29, 0.717) is 13.2 Å². The number of hydrogen-bond donors (Lipinski definition) is 0. The van der Waals surface area contributed by atoms with Gasteiger partial charge in [-0.25, -0.2) is 0 Å². The highest BCUT2D eigenvalue weighted by Crippen LogP contribution is 2.24. The predicted molar refractivity (Wildman–Crippen MR) is 103 cm³/mol. The van der Waals surface area contributed by atoms with Crippen molar-refractivity contribution in [3.63, 3.8) is 0 Å². The Labute approximate surface area is 156 Å². The van der Waals surface area contributed by atoms with Gasteiger partial charge >= 0.3 is 5.97 Å². The lowest BCUT2D eigenvalue weighted by Gasteiger charge is -2.25. The number of likely N-dealkylation sites (tertiary alicyclic amines) is 1. The standard InChI is InChI=1S/C21H25NO2.ClH/c23-21(16-22-14-8-3-9-15-22)24-17-20(18-10-4-1-5-11-18)19-12-6-2-7-13-19;/h1-2,4-7,10-13,20H,3,8-9,14-17H2;1H. The molecule has 2 aromatic carbocycles. The van der Waals surface area contributed by atoms with Crippen LogP contribution in [0.4, 0.5) is 0 Å². The van der Waals surface area contributed by atoms with E-state index in [1.807, 2.05) is 36.4 Å². The lowest BCUT2D eigenvalue weighted by molar-refractivity contribution is -0.145. The number of ether oxygens (including phenoxy) is 1. The second-order valence-corrected chi connectivity index (χ2v) is 6.39. The highest BCUT2D eigenvalue weighted by Gasteiger charge is 2.19. The normalized spacial score (nSPS) is 14.8. The molecule has 1 aliphatic rings. The Balaban J connectivity index is 0.00000225. The number of esters is 1. The maximum atomic E-state index is 12.2. The fourth-order valence-corrected chi connectivity index (χ4v) is 3.28. The third-order valence-corrected chi connectivity index (χ3v) is 4.62. The minimum absolute atomic E-state index is 0. The van der Waals surface area contributed by atoms with Crippen LogP contribution < -0.4 is 0 Å². The number of piperidine rings is 1.